The summed E-state index contributed by atoms with van der Waals surface area (Å²) in [5.41, 5.74) is 0. The van der Waals surface area contributed by atoms with Crippen LogP contribution in [0.3, 0.4) is 0 Å². The molecule has 0 saturated heterocycles. The van der Waals surface area contributed by atoms with E-state index < -0.39 is 0 Å². The summed E-state index contributed by atoms with van der Waals surface area (Å²) in [6.45, 7) is 2.05. The van der Waals surface area contributed by atoms with Gasteiger partial charge in [-0.1, -0.05) is 19.3 Å². The van der Waals surface area contributed by atoms with Crippen LogP contribution in [0.1, 0.15) is 43.4 Å². The molecule has 1 aliphatic rings. The van der Waals surface area contributed by atoms with Crippen LogP contribution in [0.15, 0.2) is 15.9 Å². The normalized spacial score (nSPS) is 15.7. The second-order valence-corrected chi connectivity index (χ2v) is 8.33. The smallest absolute Gasteiger partial charge is 0.317 e. The van der Waals surface area contributed by atoms with Crippen molar-refractivity contribution in [1.82, 2.24) is 10.2 Å². The van der Waals surface area contributed by atoms with Crippen LogP contribution in [-0.2, 0) is 11.3 Å². The van der Waals surface area contributed by atoms with Crippen molar-refractivity contribution in [3.8, 4) is 0 Å². The lowest BCUT2D eigenvalue weighted by Crippen LogP contribution is -2.37. The maximum absolute atomic E-state index is 12.0. The fourth-order valence-corrected chi connectivity index (χ4v) is 4.16. The van der Waals surface area contributed by atoms with Gasteiger partial charge in [0, 0.05) is 25.1 Å². The molecule has 1 fully saturated rings. The lowest BCUT2D eigenvalue weighted by atomic mass is 9.98. The Morgan fingerprint density at radius 3 is 2.86 bits per heavy atom. The molecule has 2 amide bonds. The molecule has 0 spiro atoms. The first kappa shape index (κ1) is 17.8. The van der Waals surface area contributed by atoms with E-state index in [1.165, 1.54) is 37.0 Å². The zero-order valence-corrected chi connectivity index (χ0v) is 15.5. The molecular weight excluding hydrogens is 364 g/mol. The highest BCUT2D eigenvalue weighted by atomic mass is 79.9. The molecule has 1 heterocycles. The minimum absolute atomic E-state index is 0.0258. The molecule has 1 aromatic rings. The first-order valence-electron chi connectivity index (χ1n) is 8.00. The molecular formula is C16H25BrN2O2S. The van der Waals surface area contributed by atoms with Gasteiger partial charge in [0.25, 0.3) is 0 Å². The van der Waals surface area contributed by atoms with Crippen molar-refractivity contribution in [2.24, 2.45) is 0 Å². The maximum Gasteiger partial charge on any atom is 0.317 e. The Labute approximate surface area is 145 Å². The fourth-order valence-electron chi connectivity index (χ4n) is 2.63. The Balaban J connectivity index is 1.54. The maximum atomic E-state index is 12.0. The van der Waals surface area contributed by atoms with Gasteiger partial charge in [-0.2, -0.15) is 0 Å². The molecule has 1 N–H and O–H groups in total. The number of rotatable bonds is 7. The van der Waals surface area contributed by atoms with Crippen LogP contribution in [0, 0.1) is 0 Å². The Morgan fingerprint density at radius 2 is 2.18 bits per heavy atom. The van der Waals surface area contributed by atoms with E-state index in [4.69, 9.17) is 4.74 Å². The summed E-state index contributed by atoms with van der Waals surface area (Å²) >= 11 is 5.09. The molecule has 0 unspecified atom stereocenters. The van der Waals surface area contributed by atoms with Gasteiger partial charge in [-0.25, -0.2) is 4.79 Å². The summed E-state index contributed by atoms with van der Waals surface area (Å²) in [5.74, 6) is 0. The highest BCUT2D eigenvalue weighted by molar-refractivity contribution is 9.11. The Kier molecular flexibility index (Phi) is 7.69. The summed E-state index contributed by atoms with van der Waals surface area (Å²) in [6.07, 6.45) is 7.67. The largest absolute Gasteiger partial charge is 0.378 e. The van der Waals surface area contributed by atoms with E-state index in [1.54, 1.807) is 16.2 Å². The van der Waals surface area contributed by atoms with Crippen molar-refractivity contribution in [3.63, 3.8) is 0 Å². The number of urea groups is 1. The Hall–Kier alpha value is -0.590. The number of hydrogen-bond acceptors (Lipinski definition) is 3. The van der Waals surface area contributed by atoms with Crippen LogP contribution in [0.2, 0.25) is 0 Å². The lowest BCUT2D eigenvalue weighted by molar-refractivity contribution is 0.0275. The molecule has 4 nitrogen and oxygen atoms in total. The standard InChI is InChI=1S/C16H25BrN2O2S/c1-19(12-14-8-9-15(17)22-14)16(20)18-10-5-11-21-13-6-3-2-4-7-13/h8-9,13H,2-7,10-12H2,1H3,(H,18,20). The quantitative estimate of drug-likeness (QED) is 0.703. The van der Waals surface area contributed by atoms with Gasteiger partial charge >= 0.3 is 6.03 Å². The van der Waals surface area contributed by atoms with E-state index in [2.05, 4.69) is 21.2 Å². The predicted molar refractivity (Wildman–Crippen MR) is 94.3 cm³/mol. The Bertz CT molecular complexity index is 461. The van der Waals surface area contributed by atoms with Crippen LogP contribution < -0.4 is 5.32 Å². The molecule has 6 heteroatoms. The third-order valence-electron chi connectivity index (χ3n) is 3.87. The predicted octanol–water partition coefficient (Wildman–Crippen LogP) is 4.39. The van der Waals surface area contributed by atoms with E-state index in [-0.39, 0.29) is 6.03 Å². The lowest BCUT2D eigenvalue weighted by Gasteiger charge is -2.22. The van der Waals surface area contributed by atoms with Crippen LogP contribution in [0.4, 0.5) is 4.79 Å². The molecule has 124 valence electrons. The van der Waals surface area contributed by atoms with E-state index >= 15 is 0 Å². The number of thiophene rings is 1. The second kappa shape index (κ2) is 9.53. The molecule has 1 aliphatic carbocycles. The van der Waals surface area contributed by atoms with Crippen molar-refractivity contribution in [3.05, 3.63) is 20.8 Å². The van der Waals surface area contributed by atoms with E-state index in [1.807, 2.05) is 19.2 Å². The van der Waals surface area contributed by atoms with Crippen molar-refractivity contribution in [2.45, 2.75) is 51.2 Å². The van der Waals surface area contributed by atoms with Gasteiger partial charge < -0.3 is 15.0 Å². The number of amides is 2. The number of carbonyl (C=O) groups excluding carboxylic acids is 1. The first-order chi connectivity index (χ1) is 10.6. The number of hydrogen-bond donors (Lipinski definition) is 1. The van der Waals surface area contributed by atoms with Gasteiger partial charge in [0.2, 0.25) is 0 Å². The number of nitrogens with zero attached hydrogens (tertiary/aromatic N) is 1. The molecule has 22 heavy (non-hydrogen) atoms. The zero-order chi connectivity index (χ0) is 15.8. The summed E-state index contributed by atoms with van der Waals surface area (Å²) < 4.78 is 6.95. The van der Waals surface area contributed by atoms with Gasteiger partial charge in [-0.3, -0.25) is 0 Å². The summed E-state index contributed by atoms with van der Waals surface area (Å²) in [5, 5.41) is 2.95. The average Bonchev–Trinajstić information content (AvgIpc) is 2.92. The highest BCUT2D eigenvalue weighted by Gasteiger charge is 2.13. The highest BCUT2D eigenvalue weighted by Crippen LogP contribution is 2.23. The number of ether oxygens (including phenoxy) is 1. The molecule has 0 aromatic carbocycles. The van der Waals surface area contributed by atoms with Gasteiger partial charge in [-0.15, -0.1) is 11.3 Å². The monoisotopic (exact) mass is 388 g/mol. The van der Waals surface area contributed by atoms with Gasteiger partial charge in [0.15, 0.2) is 0 Å². The van der Waals surface area contributed by atoms with Gasteiger partial charge in [0.1, 0.15) is 0 Å². The minimum atomic E-state index is -0.0258. The molecule has 0 aliphatic heterocycles. The summed E-state index contributed by atoms with van der Waals surface area (Å²) in [4.78, 5) is 14.9. The van der Waals surface area contributed by atoms with E-state index in [0.717, 1.165) is 16.8 Å². The molecule has 0 bridgehead atoms. The third kappa shape index (κ3) is 6.26. The van der Waals surface area contributed by atoms with Crippen LogP contribution in [0.5, 0.6) is 0 Å². The second-order valence-electron chi connectivity index (χ2n) is 5.78. The van der Waals surface area contributed by atoms with Crippen molar-refractivity contribution < 1.29 is 9.53 Å². The third-order valence-corrected chi connectivity index (χ3v) is 5.48. The molecule has 0 atom stereocenters. The fraction of sp³-hybridized carbons (Fsp3) is 0.688. The molecule has 0 radical (unpaired) electrons. The summed E-state index contributed by atoms with van der Waals surface area (Å²) in [7, 11) is 1.82. The van der Waals surface area contributed by atoms with Crippen LogP contribution in [-0.4, -0.2) is 37.2 Å². The van der Waals surface area contributed by atoms with E-state index in [0.29, 0.717) is 19.2 Å². The van der Waals surface area contributed by atoms with E-state index in [9.17, 15) is 4.79 Å². The van der Waals surface area contributed by atoms with Crippen molar-refractivity contribution in [1.29, 1.82) is 0 Å². The molecule has 2 rings (SSSR count). The minimum Gasteiger partial charge on any atom is -0.378 e. The number of halogens is 1. The zero-order valence-electron chi connectivity index (χ0n) is 13.1. The summed E-state index contributed by atoms with van der Waals surface area (Å²) in [6, 6.07) is 4.02. The molecule has 1 saturated carbocycles. The topological polar surface area (TPSA) is 41.6 Å². The van der Waals surface area contributed by atoms with Crippen LogP contribution >= 0.6 is 27.3 Å². The number of nitrogens with one attached hydrogen (secondary N) is 1. The van der Waals surface area contributed by atoms with Gasteiger partial charge in [0.05, 0.1) is 16.4 Å². The van der Waals surface area contributed by atoms with Gasteiger partial charge in [-0.05, 0) is 47.3 Å². The average molecular weight is 389 g/mol. The van der Waals surface area contributed by atoms with Crippen molar-refractivity contribution in [2.75, 3.05) is 20.2 Å². The first-order valence-corrected chi connectivity index (χ1v) is 9.61. The number of carbonyl (C=O) groups is 1. The SMILES string of the molecule is CN(Cc1ccc(Br)s1)C(=O)NCCCOC1CCCCC1. The Morgan fingerprint density at radius 1 is 1.41 bits per heavy atom. The van der Waals surface area contributed by atoms with Crippen LogP contribution in [0.25, 0.3) is 0 Å². The molecule has 1 aromatic heterocycles. The van der Waals surface area contributed by atoms with Crippen molar-refractivity contribution >= 4 is 33.3 Å².